The summed E-state index contributed by atoms with van der Waals surface area (Å²) in [6.45, 7) is 6.88. The Bertz CT molecular complexity index is 618. The average Bonchev–Trinajstić information content (AvgIpc) is 2.40. The van der Waals surface area contributed by atoms with E-state index in [-0.39, 0.29) is 36.0 Å². The first-order valence-corrected chi connectivity index (χ1v) is 8.49. The highest BCUT2D eigenvalue weighted by atomic mass is 35.5. The van der Waals surface area contributed by atoms with Crippen molar-refractivity contribution in [1.29, 1.82) is 0 Å². The van der Waals surface area contributed by atoms with Gasteiger partial charge in [0, 0.05) is 11.7 Å². The van der Waals surface area contributed by atoms with Gasteiger partial charge in [-0.3, -0.25) is 9.52 Å². The molecule has 0 aliphatic rings. The lowest BCUT2D eigenvalue weighted by Crippen LogP contribution is -2.34. The van der Waals surface area contributed by atoms with Crippen LogP contribution in [0.25, 0.3) is 0 Å². The molecule has 0 aliphatic heterocycles. The molecule has 0 radical (unpaired) electrons. The van der Waals surface area contributed by atoms with Crippen molar-refractivity contribution in [2.45, 2.75) is 33.7 Å². The Hall–Kier alpha value is -1.31. The first kappa shape index (κ1) is 20.7. The SMILES string of the molecule is CCS(=O)(=O)Nc1ccc(NC(=O)C(C)C(C)N)cc1C.Cl. The molecule has 0 saturated carbocycles. The van der Waals surface area contributed by atoms with E-state index in [1.54, 1.807) is 45.9 Å². The van der Waals surface area contributed by atoms with Crippen LogP contribution < -0.4 is 15.8 Å². The minimum absolute atomic E-state index is 0. The molecule has 2 unspecified atom stereocenters. The molecule has 126 valence electrons. The second kappa shape index (κ2) is 8.36. The van der Waals surface area contributed by atoms with Crippen LogP contribution in [0, 0.1) is 12.8 Å². The molecule has 0 heterocycles. The summed E-state index contributed by atoms with van der Waals surface area (Å²) in [5.74, 6) is -0.452. The van der Waals surface area contributed by atoms with Gasteiger partial charge in [-0.05, 0) is 44.5 Å². The second-order valence-corrected chi connectivity index (χ2v) is 7.18. The minimum Gasteiger partial charge on any atom is -0.327 e. The van der Waals surface area contributed by atoms with E-state index >= 15 is 0 Å². The molecule has 2 atom stereocenters. The first-order valence-electron chi connectivity index (χ1n) is 6.84. The molecule has 1 amide bonds. The van der Waals surface area contributed by atoms with Crippen LogP contribution in [-0.2, 0) is 14.8 Å². The molecular weight excluding hydrogens is 326 g/mol. The van der Waals surface area contributed by atoms with Crippen molar-refractivity contribution < 1.29 is 13.2 Å². The fraction of sp³-hybridized carbons (Fsp3) is 0.500. The number of halogens is 1. The van der Waals surface area contributed by atoms with Gasteiger partial charge in [0.1, 0.15) is 0 Å². The standard InChI is InChI=1S/C14H23N3O3S.ClH/c1-5-21(19,20)17-13-7-6-12(8-9(13)2)16-14(18)10(3)11(4)15;/h6-8,10-11,17H,5,15H2,1-4H3,(H,16,18);1H. The quantitative estimate of drug-likeness (QED) is 0.731. The van der Waals surface area contributed by atoms with Crippen LogP contribution in [0.4, 0.5) is 11.4 Å². The number of anilines is 2. The van der Waals surface area contributed by atoms with Crippen LogP contribution in [0.5, 0.6) is 0 Å². The van der Waals surface area contributed by atoms with Crippen LogP contribution in [0.1, 0.15) is 26.3 Å². The van der Waals surface area contributed by atoms with Gasteiger partial charge in [-0.2, -0.15) is 0 Å². The van der Waals surface area contributed by atoms with Gasteiger partial charge in [-0.15, -0.1) is 12.4 Å². The summed E-state index contributed by atoms with van der Waals surface area (Å²) in [5, 5.41) is 2.77. The van der Waals surface area contributed by atoms with Gasteiger partial charge in [-0.1, -0.05) is 6.92 Å². The van der Waals surface area contributed by atoms with Gasteiger partial charge in [-0.25, -0.2) is 8.42 Å². The molecule has 0 aromatic heterocycles. The lowest BCUT2D eigenvalue weighted by molar-refractivity contribution is -0.119. The number of aryl methyl sites for hydroxylation is 1. The molecule has 6 nitrogen and oxygen atoms in total. The molecular formula is C14H24ClN3O3S. The van der Waals surface area contributed by atoms with E-state index in [4.69, 9.17) is 5.73 Å². The molecule has 8 heteroatoms. The Labute approximate surface area is 138 Å². The molecule has 0 fully saturated rings. The number of hydrogen-bond donors (Lipinski definition) is 3. The summed E-state index contributed by atoms with van der Waals surface area (Å²) < 4.78 is 25.6. The molecule has 0 saturated heterocycles. The zero-order valence-electron chi connectivity index (χ0n) is 13.2. The molecule has 1 aromatic rings. The van der Waals surface area contributed by atoms with Gasteiger partial charge in [0.05, 0.1) is 17.4 Å². The van der Waals surface area contributed by atoms with E-state index in [0.717, 1.165) is 5.56 Å². The van der Waals surface area contributed by atoms with Crippen molar-refractivity contribution in [3.63, 3.8) is 0 Å². The van der Waals surface area contributed by atoms with E-state index in [0.29, 0.717) is 11.4 Å². The van der Waals surface area contributed by atoms with Crippen molar-refractivity contribution in [2.75, 3.05) is 15.8 Å². The molecule has 0 spiro atoms. The number of benzene rings is 1. The van der Waals surface area contributed by atoms with Gasteiger partial charge in [0.2, 0.25) is 15.9 Å². The third-order valence-corrected chi connectivity index (χ3v) is 4.63. The molecule has 4 N–H and O–H groups in total. The van der Waals surface area contributed by atoms with Crippen LogP contribution in [-0.4, -0.2) is 26.1 Å². The van der Waals surface area contributed by atoms with Gasteiger partial charge in [0.15, 0.2) is 0 Å². The highest BCUT2D eigenvalue weighted by Gasteiger charge is 2.17. The van der Waals surface area contributed by atoms with E-state index < -0.39 is 10.0 Å². The zero-order chi connectivity index (χ0) is 16.2. The van der Waals surface area contributed by atoms with Crippen molar-refractivity contribution in [3.8, 4) is 0 Å². The molecule has 1 rings (SSSR count). The topological polar surface area (TPSA) is 101 Å². The predicted octanol–water partition coefficient (Wildman–Crippen LogP) is 2.10. The monoisotopic (exact) mass is 349 g/mol. The normalized spacial score (nSPS) is 13.7. The van der Waals surface area contributed by atoms with Gasteiger partial charge >= 0.3 is 0 Å². The van der Waals surface area contributed by atoms with Crippen LogP contribution in [0.15, 0.2) is 18.2 Å². The number of carbonyl (C=O) groups is 1. The summed E-state index contributed by atoms with van der Waals surface area (Å²) in [6.07, 6.45) is 0. The van der Waals surface area contributed by atoms with E-state index in [9.17, 15) is 13.2 Å². The number of hydrogen-bond acceptors (Lipinski definition) is 4. The van der Waals surface area contributed by atoms with E-state index in [1.165, 1.54) is 0 Å². The summed E-state index contributed by atoms with van der Waals surface area (Å²) in [7, 11) is -3.31. The van der Waals surface area contributed by atoms with Crippen molar-refractivity contribution in [1.82, 2.24) is 0 Å². The molecule has 0 bridgehead atoms. The zero-order valence-corrected chi connectivity index (χ0v) is 14.8. The Morgan fingerprint density at radius 1 is 1.32 bits per heavy atom. The van der Waals surface area contributed by atoms with Crippen molar-refractivity contribution in [2.24, 2.45) is 11.7 Å². The number of amides is 1. The molecule has 0 aliphatic carbocycles. The minimum atomic E-state index is -3.31. The number of nitrogens with two attached hydrogens (primary N) is 1. The summed E-state index contributed by atoms with van der Waals surface area (Å²) in [5.41, 5.74) is 7.55. The fourth-order valence-corrected chi connectivity index (χ4v) is 2.30. The maximum absolute atomic E-state index is 11.9. The Balaban J connectivity index is 0.00000441. The molecule has 22 heavy (non-hydrogen) atoms. The maximum atomic E-state index is 11.9. The van der Waals surface area contributed by atoms with Crippen molar-refractivity contribution >= 4 is 39.7 Å². The van der Waals surface area contributed by atoms with E-state index in [2.05, 4.69) is 10.0 Å². The number of rotatable bonds is 6. The predicted molar refractivity (Wildman–Crippen MR) is 93.0 cm³/mol. The highest BCUT2D eigenvalue weighted by molar-refractivity contribution is 7.92. The Morgan fingerprint density at radius 3 is 2.36 bits per heavy atom. The summed E-state index contributed by atoms with van der Waals surface area (Å²) in [4.78, 5) is 11.9. The van der Waals surface area contributed by atoms with Gasteiger partial charge < -0.3 is 11.1 Å². The largest absolute Gasteiger partial charge is 0.327 e. The maximum Gasteiger partial charge on any atom is 0.232 e. The lowest BCUT2D eigenvalue weighted by atomic mass is 10.0. The van der Waals surface area contributed by atoms with Crippen LogP contribution >= 0.6 is 12.4 Å². The Morgan fingerprint density at radius 2 is 1.91 bits per heavy atom. The average molecular weight is 350 g/mol. The highest BCUT2D eigenvalue weighted by Crippen LogP contribution is 2.21. The summed E-state index contributed by atoms with van der Waals surface area (Å²) >= 11 is 0. The van der Waals surface area contributed by atoms with Gasteiger partial charge in [0.25, 0.3) is 0 Å². The Kier molecular flexibility index (Phi) is 7.86. The van der Waals surface area contributed by atoms with Crippen molar-refractivity contribution in [3.05, 3.63) is 23.8 Å². The second-order valence-electron chi connectivity index (χ2n) is 5.17. The molecule has 1 aromatic carbocycles. The first-order chi connectivity index (χ1) is 9.66. The van der Waals surface area contributed by atoms with E-state index in [1.807, 2.05) is 0 Å². The third-order valence-electron chi connectivity index (χ3n) is 3.34. The van der Waals surface area contributed by atoms with Crippen LogP contribution in [0.2, 0.25) is 0 Å². The fourth-order valence-electron chi connectivity index (χ4n) is 1.59. The van der Waals surface area contributed by atoms with Crippen LogP contribution in [0.3, 0.4) is 0 Å². The smallest absolute Gasteiger partial charge is 0.232 e. The lowest BCUT2D eigenvalue weighted by Gasteiger charge is -2.16. The number of nitrogens with one attached hydrogen (secondary N) is 2. The number of sulfonamides is 1. The number of carbonyl (C=O) groups excluding carboxylic acids is 1. The summed E-state index contributed by atoms with van der Waals surface area (Å²) in [6, 6.07) is 4.78. The third kappa shape index (κ3) is 5.82.